The minimum Gasteiger partial charge on any atom is -0.456 e. The summed E-state index contributed by atoms with van der Waals surface area (Å²) in [4.78, 5) is 0. The Morgan fingerprint density at radius 3 is 2.14 bits per heavy atom. The molecule has 0 fully saturated rings. The van der Waals surface area contributed by atoms with Gasteiger partial charge in [-0.1, -0.05) is 115 Å². The van der Waals surface area contributed by atoms with Crippen LogP contribution in [0, 0.1) is 0 Å². The van der Waals surface area contributed by atoms with Crippen molar-refractivity contribution < 1.29 is 14.0 Å². The maximum atomic E-state index is 9.28. The monoisotopic (exact) mass is 568 g/mol. The minimum absolute atomic E-state index is 0.0408. The molecule has 0 saturated heterocycles. The van der Waals surface area contributed by atoms with Gasteiger partial charge in [0, 0.05) is 27.1 Å². The van der Waals surface area contributed by atoms with Gasteiger partial charge in [-0.25, -0.2) is 0 Å². The minimum atomic E-state index is -0.456. The zero-order valence-corrected chi connectivity index (χ0v) is 23.4. The van der Waals surface area contributed by atoms with Crippen molar-refractivity contribution in [3.8, 4) is 39.1 Å². The molecule has 206 valence electrons. The van der Waals surface area contributed by atoms with E-state index in [1.807, 2.05) is 54.6 Å². The van der Waals surface area contributed by atoms with Crippen molar-refractivity contribution in [1.29, 1.82) is 0 Å². The summed E-state index contributed by atoms with van der Waals surface area (Å²) in [6.45, 7) is 0. The van der Waals surface area contributed by atoms with Crippen LogP contribution in [0.2, 0.25) is 0 Å². The van der Waals surface area contributed by atoms with Gasteiger partial charge >= 0.3 is 0 Å². The third kappa shape index (κ3) is 3.89. The van der Waals surface area contributed by atoms with Gasteiger partial charge in [-0.15, -0.1) is 0 Å². The molecule has 0 aliphatic carbocycles. The number of hydrogen-bond donors (Lipinski definition) is 0. The molecule has 9 rings (SSSR count). The molecule has 9 aromatic rings. The van der Waals surface area contributed by atoms with Crippen molar-refractivity contribution in [2.45, 2.75) is 0 Å². The summed E-state index contributed by atoms with van der Waals surface area (Å²) in [5.41, 5.74) is 7.64. The molecule has 0 bridgehead atoms. The second-order valence-electron chi connectivity index (χ2n) is 10.8. The van der Waals surface area contributed by atoms with Gasteiger partial charge in [0.05, 0.1) is 26.3 Å². The van der Waals surface area contributed by atoms with Crippen LogP contribution in [-0.4, -0.2) is 4.57 Å². The average molecular weight is 569 g/mol. The molecule has 0 aliphatic rings. The van der Waals surface area contributed by atoms with Crippen molar-refractivity contribution >= 4 is 43.7 Å². The second-order valence-corrected chi connectivity index (χ2v) is 10.8. The Kier molecular flexibility index (Phi) is 4.17. The molecule has 0 N–H and O–H groups in total. The molecule has 2 heteroatoms. The van der Waals surface area contributed by atoms with Gasteiger partial charge < -0.3 is 8.98 Å². The summed E-state index contributed by atoms with van der Waals surface area (Å²) in [5.74, 6) is 0. The normalized spacial score (nSPS) is 13.9. The van der Waals surface area contributed by atoms with E-state index in [2.05, 4.69) is 65.2 Å². The predicted molar refractivity (Wildman–Crippen MR) is 184 cm³/mol. The van der Waals surface area contributed by atoms with Crippen molar-refractivity contribution in [3.63, 3.8) is 0 Å². The lowest BCUT2D eigenvalue weighted by Gasteiger charge is -2.15. The summed E-state index contributed by atoms with van der Waals surface area (Å²) >= 11 is 0. The molecule has 2 aromatic heterocycles. The van der Waals surface area contributed by atoms with Gasteiger partial charge in [-0.2, -0.15) is 0 Å². The number of rotatable bonds is 4. The number of benzene rings is 7. The largest absolute Gasteiger partial charge is 0.456 e. The molecule has 0 atom stereocenters. The number of para-hydroxylation sites is 3. The SMILES string of the molecule is [2H]c1c([2H])c([2H])c2c(oc3c([2H])c([2H])c(-c4cccc(-c5ccccc5-n5c6ccccc6c6cc(-c7ccccc7)ccc65)c4)c([2H])c32)c1[2H]. The Hall–Kier alpha value is -5.86. The van der Waals surface area contributed by atoms with Crippen LogP contribution in [0.1, 0.15) is 9.60 Å². The van der Waals surface area contributed by atoms with E-state index in [4.69, 9.17) is 12.6 Å². The van der Waals surface area contributed by atoms with Gasteiger partial charge in [0.15, 0.2) is 0 Å². The molecular weight excluding hydrogens is 534 g/mol. The van der Waals surface area contributed by atoms with E-state index < -0.39 is 12.1 Å². The zero-order chi connectivity index (χ0) is 35.1. The Morgan fingerprint density at radius 1 is 0.455 bits per heavy atom. The van der Waals surface area contributed by atoms with Crippen molar-refractivity contribution in [2.75, 3.05) is 0 Å². The van der Waals surface area contributed by atoms with E-state index in [0.717, 1.165) is 49.7 Å². The van der Waals surface area contributed by atoms with Crippen LogP contribution in [0.5, 0.6) is 0 Å². The fraction of sp³-hybridized carbons (Fsp3) is 0. The third-order valence-electron chi connectivity index (χ3n) is 8.27. The highest BCUT2D eigenvalue weighted by Gasteiger charge is 2.17. The van der Waals surface area contributed by atoms with Gasteiger partial charge in [-0.05, 0) is 76.3 Å². The maximum absolute atomic E-state index is 9.28. The lowest BCUT2D eigenvalue weighted by atomic mass is 9.97. The summed E-state index contributed by atoms with van der Waals surface area (Å²) in [5, 5.41) is 2.40. The highest BCUT2D eigenvalue weighted by atomic mass is 16.3. The zero-order valence-electron chi connectivity index (χ0n) is 30.4. The van der Waals surface area contributed by atoms with Crippen molar-refractivity contribution in [2.24, 2.45) is 0 Å². The number of nitrogens with zero attached hydrogens (tertiary/aromatic N) is 1. The standard InChI is InChI=1S/C42H27NO/c1-2-11-28(12-3-1)30-21-23-40-36(26-30)34-16-5-8-19-39(34)43(40)38-18-7-4-15-33(38)32-14-10-13-29(25-32)31-22-24-42-37(27-31)35-17-6-9-20-41(35)44-42/h1-27H/i6D,9D,17D,20D,22D,24D,27D. The first-order valence-electron chi connectivity index (χ1n) is 18.0. The van der Waals surface area contributed by atoms with Gasteiger partial charge in [0.1, 0.15) is 11.2 Å². The molecule has 2 nitrogen and oxygen atoms in total. The van der Waals surface area contributed by atoms with Gasteiger partial charge in [0.25, 0.3) is 0 Å². The maximum Gasteiger partial charge on any atom is 0.135 e. The van der Waals surface area contributed by atoms with Crippen LogP contribution in [0.4, 0.5) is 0 Å². The van der Waals surface area contributed by atoms with E-state index in [0.29, 0.717) is 5.56 Å². The van der Waals surface area contributed by atoms with Crippen molar-refractivity contribution in [3.05, 3.63) is 164 Å². The highest BCUT2D eigenvalue weighted by Crippen LogP contribution is 2.39. The first-order chi connectivity index (χ1) is 24.7. The summed E-state index contributed by atoms with van der Waals surface area (Å²) in [7, 11) is 0. The van der Waals surface area contributed by atoms with Crippen LogP contribution in [0.25, 0.3) is 82.8 Å². The van der Waals surface area contributed by atoms with Crippen LogP contribution >= 0.6 is 0 Å². The molecule has 2 heterocycles. The smallest absolute Gasteiger partial charge is 0.135 e. The Labute approximate surface area is 264 Å². The molecular formula is C42H27NO. The molecule has 44 heavy (non-hydrogen) atoms. The van der Waals surface area contributed by atoms with E-state index in [-0.39, 0.29) is 57.7 Å². The lowest BCUT2D eigenvalue weighted by Crippen LogP contribution is -1.97. The number of hydrogen-bond acceptors (Lipinski definition) is 1. The molecule has 0 radical (unpaired) electrons. The number of furan rings is 1. The highest BCUT2D eigenvalue weighted by molar-refractivity contribution is 6.11. The Morgan fingerprint density at radius 2 is 1.18 bits per heavy atom. The van der Waals surface area contributed by atoms with E-state index >= 15 is 0 Å². The first-order valence-corrected chi connectivity index (χ1v) is 14.5. The van der Waals surface area contributed by atoms with Gasteiger partial charge in [-0.3, -0.25) is 0 Å². The molecule has 7 aromatic carbocycles. The first kappa shape index (κ1) is 18.6. The lowest BCUT2D eigenvalue weighted by molar-refractivity contribution is 0.669. The van der Waals surface area contributed by atoms with Crippen LogP contribution in [-0.2, 0) is 0 Å². The van der Waals surface area contributed by atoms with Crippen LogP contribution < -0.4 is 0 Å². The van der Waals surface area contributed by atoms with Crippen LogP contribution in [0.3, 0.4) is 0 Å². The topological polar surface area (TPSA) is 18.1 Å². The number of aromatic nitrogens is 1. The van der Waals surface area contributed by atoms with E-state index in [1.165, 1.54) is 0 Å². The molecule has 0 saturated carbocycles. The molecule has 0 spiro atoms. The predicted octanol–water partition coefficient (Wildman–Crippen LogP) is 11.7. The summed E-state index contributed by atoms with van der Waals surface area (Å²) in [6, 6.07) is 38.7. The Balaban J connectivity index is 1.25. The summed E-state index contributed by atoms with van der Waals surface area (Å²) < 4.78 is 68.4. The summed E-state index contributed by atoms with van der Waals surface area (Å²) in [6.07, 6.45) is 0. The molecule has 0 amide bonds. The average Bonchev–Trinajstić information content (AvgIpc) is 3.73. The third-order valence-corrected chi connectivity index (χ3v) is 8.27. The fourth-order valence-electron chi connectivity index (χ4n) is 6.24. The quantitative estimate of drug-likeness (QED) is 0.206. The Bertz CT molecular complexity index is 2890. The fourth-order valence-corrected chi connectivity index (χ4v) is 6.24. The second kappa shape index (κ2) is 9.86. The van der Waals surface area contributed by atoms with E-state index in [9.17, 15) is 1.37 Å². The van der Waals surface area contributed by atoms with Crippen molar-refractivity contribution in [1.82, 2.24) is 4.57 Å². The number of fused-ring (bicyclic) bond motifs is 6. The van der Waals surface area contributed by atoms with Crippen LogP contribution in [0.15, 0.2) is 168 Å². The molecule has 0 unspecified atom stereocenters. The molecule has 0 aliphatic heterocycles. The van der Waals surface area contributed by atoms with Gasteiger partial charge in [0.2, 0.25) is 0 Å². The van der Waals surface area contributed by atoms with E-state index in [1.54, 1.807) is 6.07 Å².